The SMILES string of the molecule is C[C@H]1CN(C)CCc2cc(Cl)c(O)cc21. The van der Waals surface area contributed by atoms with Gasteiger partial charge in [-0.25, -0.2) is 0 Å². The molecule has 82 valence electrons. The van der Waals surface area contributed by atoms with Gasteiger partial charge in [0.05, 0.1) is 5.02 Å². The quantitative estimate of drug-likeness (QED) is 0.734. The van der Waals surface area contributed by atoms with Crippen LogP contribution in [0.2, 0.25) is 5.02 Å². The first kappa shape index (κ1) is 10.8. The summed E-state index contributed by atoms with van der Waals surface area (Å²) in [4.78, 5) is 2.32. The number of phenolic OH excluding ortho intramolecular Hbond substituents is 1. The van der Waals surface area contributed by atoms with E-state index in [1.807, 2.05) is 12.1 Å². The maximum absolute atomic E-state index is 9.61. The van der Waals surface area contributed by atoms with E-state index in [0.717, 1.165) is 19.5 Å². The second-order valence-corrected chi connectivity index (χ2v) is 4.82. The Bertz CT molecular complexity index is 378. The fraction of sp³-hybridized carbons (Fsp3) is 0.500. The van der Waals surface area contributed by atoms with E-state index in [0.29, 0.717) is 10.9 Å². The molecule has 2 nitrogen and oxygen atoms in total. The minimum atomic E-state index is 0.201. The largest absolute Gasteiger partial charge is 0.506 e. The molecule has 0 radical (unpaired) electrons. The van der Waals surface area contributed by atoms with Gasteiger partial charge in [-0.3, -0.25) is 0 Å². The molecule has 2 rings (SSSR count). The van der Waals surface area contributed by atoms with Crippen LogP contribution in [0.1, 0.15) is 24.0 Å². The van der Waals surface area contributed by atoms with Gasteiger partial charge in [0, 0.05) is 13.1 Å². The monoisotopic (exact) mass is 225 g/mol. The molecule has 1 heterocycles. The summed E-state index contributed by atoms with van der Waals surface area (Å²) < 4.78 is 0. The summed E-state index contributed by atoms with van der Waals surface area (Å²) in [5, 5.41) is 10.1. The third-order valence-electron chi connectivity index (χ3n) is 3.09. The smallest absolute Gasteiger partial charge is 0.134 e. The Balaban J connectivity index is 2.45. The lowest BCUT2D eigenvalue weighted by Gasteiger charge is -2.17. The van der Waals surface area contributed by atoms with Crippen LogP contribution in [0.25, 0.3) is 0 Å². The van der Waals surface area contributed by atoms with Crippen LogP contribution in [-0.2, 0) is 6.42 Å². The summed E-state index contributed by atoms with van der Waals surface area (Å²) in [6.45, 7) is 4.28. The number of phenols is 1. The third kappa shape index (κ3) is 2.11. The van der Waals surface area contributed by atoms with Crippen LogP contribution in [-0.4, -0.2) is 30.1 Å². The highest BCUT2D eigenvalue weighted by molar-refractivity contribution is 6.32. The average Bonchev–Trinajstić information content (AvgIpc) is 2.30. The van der Waals surface area contributed by atoms with E-state index in [1.54, 1.807) is 0 Å². The van der Waals surface area contributed by atoms with Crippen molar-refractivity contribution in [3.8, 4) is 5.75 Å². The van der Waals surface area contributed by atoms with Crippen LogP contribution in [0, 0.1) is 0 Å². The minimum absolute atomic E-state index is 0.201. The maximum atomic E-state index is 9.61. The third-order valence-corrected chi connectivity index (χ3v) is 3.39. The second kappa shape index (κ2) is 4.03. The van der Waals surface area contributed by atoms with Crippen LogP contribution in [0.4, 0.5) is 0 Å². The van der Waals surface area contributed by atoms with Crippen molar-refractivity contribution in [2.24, 2.45) is 0 Å². The van der Waals surface area contributed by atoms with Crippen molar-refractivity contribution in [3.05, 3.63) is 28.3 Å². The van der Waals surface area contributed by atoms with Gasteiger partial charge >= 0.3 is 0 Å². The number of fused-ring (bicyclic) bond motifs is 1. The molecule has 0 unspecified atom stereocenters. The number of halogens is 1. The molecule has 0 bridgehead atoms. The van der Waals surface area contributed by atoms with Crippen molar-refractivity contribution in [1.82, 2.24) is 4.90 Å². The molecule has 0 fully saturated rings. The highest BCUT2D eigenvalue weighted by Gasteiger charge is 2.19. The summed E-state index contributed by atoms with van der Waals surface area (Å²) in [5.74, 6) is 0.655. The van der Waals surface area contributed by atoms with Gasteiger partial charge in [-0.15, -0.1) is 0 Å². The van der Waals surface area contributed by atoms with Gasteiger partial charge in [0.15, 0.2) is 0 Å². The van der Waals surface area contributed by atoms with Crippen LogP contribution < -0.4 is 0 Å². The number of aromatic hydroxyl groups is 1. The Morgan fingerprint density at radius 3 is 2.93 bits per heavy atom. The first-order valence-corrected chi connectivity index (χ1v) is 5.65. The van der Waals surface area contributed by atoms with Crippen LogP contribution in [0.15, 0.2) is 12.1 Å². The summed E-state index contributed by atoms with van der Waals surface area (Å²) >= 11 is 5.92. The second-order valence-electron chi connectivity index (χ2n) is 4.42. The van der Waals surface area contributed by atoms with Crippen LogP contribution >= 0.6 is 11.6 Å². The summed E-state index contributed by atoms with van der Waals surface area (Å²) in [6.07, 6.45) is 1.01. The Labute approximate surface area is 95.5 Å². The molecule has 0 amide bonds. The molecule has 0 saturated heterocycles. The van der Waals surface area contributed by atoms with E-state index in [1.165, 1.54) is 11.1 Å². The van der Waals surface area contributed by atoms with E-state index in [2.05, 4.69) is 18.9 Å². The van der Waals surface area contributed by atoms with E-state index in [9.17, 15) is 5.11 Å². The van der Waals surface area contributed by atoms with Gasteiger partial charge in [0.25, 0.3) is 0 Å². The predicted molar refractivity (Wildman–Crippen MR) is 62.7 cm³/mol. The lowest BCUT2D eigenvalue weighted by molar-refractivity contribution is 0.332. The molecule has 1 aromatic rings. The average molecular weight is 226 g/mol. The molecular weight excluding hydrogens is 210 g/mol. The normalized spacial score (nSPS) is 22.2. The fourth-order valence-corrected chi connectivity index (χ4v) is 2.45. The topological polar surface area (TPSA) is 23.5 Å². The van der Waals surface area contributed by atoms with Gasteiger partial charge in [-0.05, 0) is 42.6 Å². The van der Waals surface area contributed by atoms with Crippen molar-refractivity contribution < 1.29 is 5.11 Å². The molecule has 0 aliphatic carbocycles. The first-order valence-electron chi connectivity index (χ1n) is 5.27. The van der Waals surface area contributed by atoms with Gasteiger partial charge in [-0.1, -0.05) is 18.5 Å². The van der Waals surface area contributed by atoms with Crippen molar-refractivity contribution in [1.29, 1.82) is 0 Å². The molecule has 1 aliphatic heterocycles. The van der Waals surface area contributed by atoms with Gasteiger partial charge in [0.2, 0.25) is 0 Å². The Morgan fingerprint density at radius 2 is 2.20 bits per heavy atom. The van der Waals surface area contributed by atoms with E-state index in [-0.39, 0.29) is 5.75 Å². The Morgan fingerprint density at radius 1 is 1.47 bits per heavy atom. The zero-order valence-corrected chi connectivity index (χ0v) is 9.88. The summed E-state index contributed by atoms with van der Waals surface area (Å²) in [5.41, 5.74) is 2.51. The number of likely N-dealkylation sites (N-methyl/N-ethyl adjacent to an activating group) is 1. The van der Waals surface area contributed by atoms with E-state index >= 15 is 0 Å². The maximum Gasteiger partial charge on any atom is 0.134 e. The van der Waals surface area contributed by atoms with E-state index in [4.69, 9.17) is 11.6 Å². The van der Waals surface area contributed by atoms with Crippen LogP contribution in [0.5, 0.6) is 5.75 Å². The zero-order valence-electron chi connectivity index (χ0n) is 9.13. The molecule has 1 N–H and O–H groups in total. The minimum Gasteiger partial charge on any atom is -0.506 e. The molecule has 0 aromatic heterocycles. The van der Waals surface area contributed by atoms with Crippen molar-refractivity contribution in [2.45, 2.75) is 19.3 Å². The van der Waals surface area contributed by atoms with Crippen molar-refractivity contribution >= 4 is 11.6 Å². The molecule has 3 heteroatoms. The molecular formula is C12H16ClNO. The fourth-order valence-electron chi connectivity index (χ4n) is 2.26. The van der Waals surface area contributed by atoms with Gasteiger partial charge < -0.3 is 10.0 Å². The summed E-state index contributed by atoms with van der Waals surface area (Å²) in [6, 6.07) is 3.73. The standard InChI is InChI=1S/C12H16ClNO/c1-8-7-14(2)4-3-9-5-11(13)12(15)6-10(8)9/h5-6,8,15H,3-4,7H2,1-2H3/t8-/m0/s1. The number of hydrogen-bond donors (Lipinski definition) is 1. The lowest BCUT2D eigenvalue weighted by Crippen LogP contribution is -2.22. The predicted octanol–water partition coefficient (Wildman–Crippen LogP) is 2.64. The number of benzene rings is 1. The van der Waals surface area contributed by atoms with Gasteiger partial charge in [-0.2, -0.15) is 0 Å². The molecule has 1 atom stereocenters. The van der Waals surface area contributed by atoms with Crippen molar-refractivity contribution in [3.63, 3.8) is 0 Å². The van der Waals surface area contributed by atoms with E-state index < -0.39 is 0 Å². The zero-order chi connectivity index (χ0) is 11.0. The number of rotatable bonds is 0. The number of hydrogen-bond acceptors (Lipinski definition) is 2. The molecule has 0 spiro atoms. The lowest BCUT2D eigenvalue weighted by atomic mass is 9.95. The molecule has 1 aromatic carbocycles. The molecule has 0 saturated carbocycles. The molecule has 1 aliphatic rings. The highest BCUT2D eigenvalue weighted by atomic mass is 35.5. The first-order chi connectivity index (χ1) is 7.08. The Kier molecular flexibility index (Phi) is 2.89. The number of nitrogens with zero attached hydrogens (tertiary/aromatic N) is 1. The highest BCUT2D eigenvalue weighted by Crippen LogP contribution is 2.33. The van der Waals surface area contributed by atoms with Gasteiger partial charge in [0.1, 0.15) is 5.75 Å². The molecule has 15 heavy (non-hydrogen) atoms. The summed E-state index contributed by atoms with van der Waals surface area (Å²) in [7, 11) is 2.13. The van der Waals surface area contributed by atoms with Crippen LogP contribution in [0.3, 0.4) is 0 Å². The Hall–Kier alpha value is -0.730. The van der Waals surface area contributed by atoms with Crippen molar-refractivity contribution in [2.75, 3.05) is 20.1 Å².